The molecule has 8 nitrogen and oxygen atoms in total. The number of carbonyl (C=O) groups is 1. The van der Waals surface area contributed by atoms with Gasteiger partial charge in [0.2, 0.25) is 0 Å². The first-order chi connectivity index (χ1) is 13.3. The SMILES string of the molecule is COc1cc2c(cc1CNC(=O)c1ccccc1-n1cnnc1)OCCO2. The number of nitrogens with one attached hydrogen (secondary N) is 1. The van der Waals surface area contributed by atoms with E-state index in [4.69, 9.17) is 14.2 Å². The molecule has 4 rings (SSSR count). The van der Waals surface area contributed by atoms with Gasteiger partial charge in [0.05, 0.1) is 18.4 Å². The number of fused-ring (bicyclic) bond motifs is 1. The van der Waals surface area contributed by atoms with Crippen LogP contribution in [0.25, 0.3) is 5.69 Å². The smallest absolute Gasteiger partial charge is 0.253 e. The Morgan fingerprint density at radius 2 is 1.85 bits per heavy atom. The molecular formula is C19H18N4O4. The maximum Gasteiger partial charge on any atom is 0.253 e. The van der Waals surface area contributed by atoms with Crippen LogP contribution in [0.15, 0.2) is 49.1 Å². The maximum absolute atomic E-state index is 12.8. The van der Waals surface area contributed by atoms with Crippen molar-refractivity contribution >= 4 is 5.91 Å². The number of carbonyl (C=O) groups excluding carboxylic acids is 1. The summed E-state index contributed by atoms with van der Waals surface area (Å²) >= 11 is 0. The Kier molecular flexibility index (Phi) is 4.61. The van der Waals surface area contributed by atoms with Gasteiger partial charge in [-0.25, -0.2) is 0 Å². The number of nitrogens with zero attached hydrogens (tertiary/aromatic N) is 3. The Bertz CT molecular complexity index is 956. The zero-order chi connectivity index (χ0) is 18.6. The van der Waals surface area contributed by atoms with Gasteiger partial charge in [-0.15, -0.1) is 10.2 Å². The molecule has 0 unspecified atom stereocenters. The molecule has 0 saturated carbocycles. The first kappa shape index (κ1) is 16.9. The number of hydrogen-bond donors (Lipinski definition) is 1. The molecule has 0 aliphatic carbocycles. The van der Waals surface area contributed by atoms with Gasteiger partial charge in [0.15, 0.2) is 11.5 Å². The normalized spacial score (nSPS) is 12.5. The van der Waals surface area contributed by atoms with Crippen molar-refractivity contribution in [1.82, 2.24) is 20.1 Å². The van der Waals surface area contributed by atoms with Gasteiger partial charge in [-0.2, -0.15) is 0 Å². The number of aromatic nitrogens is 3. The van der Waals surface area contributed by atoms with Crippen LogP contribution in [0.3, 0.4) is 0 Å². The summed E-state index contributed by atoms with van der Waals surface area (Å²) < 4.78 is 18.3. The topological polar surface area (TPSA) is 87.5 Å². The summed E-state index contributed by atoms with van der Waals surface area (Å²) in [6, 6.07) is 10.9. The van der Waals surface area contributed by atoms with E-state index in [0.29, 0.717) is 41.7 Å². The number of ether oxygens (including phenoxy) is 3. The highest BCUT2D eigenvalue weighted by Crippen LogP contribution is 2.36. The second-order valence-electron chi connectivity index (χ2n) is 5.88. The minimum absolute atomic E-state index is 0.212. The van der Waals surface area contributed by atoms with Gasteiger partial charge in [-0.1, -0.05) is 12.1 Å². The molecule has 1 aliphatic rings. The number of hydrogen-bond acceptors (Lipinski definition) is 6. The predicted molar refractivity (Wildman–Crippen MR) is 96.5 cm³/mol. The summed E-state index contributed by atoms with van der Waals surface area (Å²) in [7, 11) is 1.58. The van der Waals surface area contributed by atoms with Gasteiger partial charge in [-0.3, -0.25) is 9.36 Å². The van der Waals surface area contributed by atoms with Crippen LogP contribution in [-0.4, -0.2) is 41.0 Å². The molecule has 0 fully saturated rings. The number of amides is 1. The lowest BCUT2D eigenvalue weighted by molar-refractivity contribution is 0.0950. The van der Waals surface area contributed by atoms with Gasteiger partial charge in [-0.05, 0) is 18.2 Å². The fraction of sp³-hybridized carbons (Fsp3) is 0.211. The molecule has 2 heterocycles. The van der Waals surface area contributed by atoms with Crippen molar-refractivity contribution in [2.75, 3.05) is 20.3 Å². The molecule has 138 valence electrons. The third-order valence-corrected chi connectivity index (χ3v) is 4.23. The molecule has 0 atom stereocenters. The average Bonchev–Trinajstić information content (AvgIpc) is 3.26. The molecule has 0 spiro atoms. The quantitative estimate of drug-likeness (QED) is 0.743. The zero-order valence-electron chi connectivity index (χ0n) is 14.7. The highest BCUT2D eigenvalue weighted by molar-refractivity contribution is 5.97. The lowest BCUT2D eigenvalue weighted by atomic mass is 10.1. The van der Waals surface area contributed by atoms with E-state index in [1.165, 1.54) is 0 Å². The monoisotopic (exact) mass is 366 g/mol. The molecular weight excluding hydrogens is 348 g/mol. The van der Waals surface area contributed by atoms with Gasteiger partial charge in [0, 0.05) is 18.2 Å². The minimum Gasteiger partial charge on any atom is -0.496 e. The van der Waals surface area contributed by atoms with Gasteiger partial charge >= 0.3 is 0 Å². The molecule has 2 aromatic carbocycles. The Morgan fingerprint density at radius 3 is 2.59 bits per heavy atom. The molecule has 1 amide bonds. The van der Waals surface area contributed by atoms with Gasteiger partial charge in [0.1, 0.15) is 31.6 Å². The summed E-state index contributed by atoms with van der Waals surface area (Å²) in [4.78, 5) is 12.8. The summed E-state index contributed by atoms with van der Waals surface area (Å²) in [5.74, 6) is 1.71. The van der Waals surface area contributed by atoms with Crippen molar-refractivity contribution in [3.63, 3.8) is 0 Å². The van der Waals surface area contributed by atoms with Crippen LogP contribution in [0.1, 0.15) is 15.9 Å². The van der Waals surface area contributed by atoms with E-state index in [1.54, 1.807) is 36.5 Å². The molecule has 0 bridgehead atoms. The van der Waals surface area contributed by atoms with Crippen molar-refractivity contribution in [3.8, 4) is 22.9 Å². The van der Waals surface area contributed by atoms with Gasteiger partial charge < -0.3 is 19.5 Å². The summed E-state index contributed by atoms with van der Waals surface area (Å²) in [5.41, 5.74) is 2.03. The Hall–Kier alpha value is -3.55. The number of rotatable bonds is 5. The van der Waals surface area contributed by atoms with E-state index in [2.05, 4.69) is 15.5 Å². The Labute approximate surface area is 155 Å². The third-order valence-electron chi connectivity index (χ3n) is 4.23. The second-order valence-corrected chi connectivity index (χ2v) is 5.88. The second kappa shape index (κ2) is 7.36. The average molecular weight is 366 g/mol. The summed E-state index contributed by atoms with van der Waals surface area (Å²) in [5, 5.41) is 10.5. The summed E-state index contributed by atoms with van der Waals surface area (Å²) in [6.07, 6.45) is 3.10. The van der Waals surface area contributed by atoms with E-state index in [0.717, 1.165) is 5.56 Å². The third kappa shape index (κ3) is 3.41. The maximum atomic E-state index is 12.8. The van der Waals surface area contributed by atoms with Crippen molar-refractivity contribution < 1.29 is 19.0 Å². The Balaban J connectivity index is 1.55. The van der Waals surface area contributed by atoms with E-state index in [9.17, 15) is 4.79 Å². The van der Waals surface area contributed by atoms with Crippen molar-refractivity contribution in [1.29, 1.82) is 0 Å². The van der Waals surface area contributed by atoms with Crippen molar-refractivity contribution in [2.24, 2.45) is 0 Å². The minimum atomic E-state index is -0.212. The first-order valence-corrected chi connectivity index (χ1v) is 8.45. The molecule has 1 N–H and O–H groups in total. The molecule has 8 heteroatoms. The van der Waals surface area contributed by atoms with Crippen LogP contribution in [0.5, 0.6) is 17.2 Å². The van der Waals surface area contributed by atoms with E-state index in [1.807, 2.05) is 24.3 Å². The lowest BCUT2D eigenvalue weighted by Gasteiger charge is -2.21. The number of benzene rings is 2. The van der Waals surface area contributed by atoms with Crippen molar-refractivity contribution in [2.45, 2.75) is 6.54 Å². The number of para-hydroxylation sites is 1. The molecule has 0 saturated heterocycles. The Morgan fingerprint density at radius 1 is 1.15 bits per heavy atom. The standard InChI is InChI=1S/C19H18N4O4/c1-25-16-9-18-17(26-6-7-27-18)8-13(16)10-20-19(24)14-4-2-3-5-15(14)23-11-21-22-12-23/h2-5,8-9,11-12H,6-7,10H2,1H3,(H,20,24). The molecule has 3 aromatic rings. The van der Waals surface area contributed by atoms with Crippen LogP contribution in [0.4, 0.5) is 0 Å². The van der Waals surface area contributed by atoms with E-state index < -0.39 is 0 Å². The van der Waals surface area contributed by atoms with E-state index >= 15 is 0 Å². The molecule has 0 radical (unpaired) electrons. The van der Waals surface area contributed by atoms with Crippen LogP contribution < -0.4 is 19.5 Å². The largest absolute Gasteiger partial charge is 0.496 e. The highest BCUT2D eigenvalue weighted by atomic mass is 16.6. The predicted octanol–water partition coefficient (Wildman–Crippen LogP) is 1.98. The zero-order valence-corrected chi connectivity index (χ0v) is 14.7. The van der Waals surface area contributed by atoms with Crippen LogP contribution >= 0.6 is 0 Å². The van der Waals surface area contributed by atoms with Crippen LogP contribution in [-0.2, 0) is 6.54 Å². The summed E-state index contributed by atoms with van der Waals surface area (Å²) in [6.45, 7) is 1.29. The van der Waals surface area contributed by atoms with Gasteiger partial charge in [0.25, 0.3) is 5.91 Å². The van der Waals surface area contributed by atoms with Crippen LogP contribution in [0, 0.1) is 0 Å². The fourth-order valence-corrected chi connectivity index (χ4v) is 2.93. The van der Waals surface area contributed by atoms with Crippen molar-refractivity contribution in [3.05, 3.63) is 60.2 Å². The highest BCUT2D eigenvalue weighted by Gasteiger charge is 2.18. The number of methoxy groups -OCH3 is 1. The molecule has 1 aromatic heterocycles. The van der Waals surface area contributed by atoms with Crippen LogP contribution in [0.2, 0.25) is 0 Å². The molecule has 27 heavy (non-hydrogen) atoms. The van der Waals surface area contributed by atoms with E-state index in [-0.39, 0.29) is 12.5 Å². The molecule has 1 aliphatic heterocycles. The fourth-order valence-electron chi connectivity index (χ4n) is 2.93. The lowest BCUT2D eigenvalue weighted by Crippen LogP contribution is -2.24. The first-order valence-electron chi connectivity index (χ1n) is 8.45.